The lowest BCUT2D eigenvalue weighted by molar-refractivity contribution is 0.103. The van der Waals surface area contributed by atoms with Gasteiger partial charge in [0.1, 0.15) is 5.65 Å². The van der Waals surface area contributed by atoms with Gasteiger partial charge >= 0.3 is 0 Å². The number of benzene rings is 1. The van der Waals surface area contributed by atoms with Crippen LogP contribution in [0.15, 0.2) is 54.9 Å². The zero-order valence-electron chi connectivity index (χ0n) is 11.9. The monoisotopic (exact) mass is 279 g/mol. The van der Waals surface area contributed by atoms with E-state index in [1.54, 1.807) is 6.20 Å². The van der Waals surface area contributed by atoms with E-state index < -0.39 is 0 Å². The van der Waals surface area contributed by atoms with Crippen LogP contribution in [0.4, 0.5) is 0 Å². The molecule has 0 atom stereocenters. The number of imidazole rings is 1. The number of nitrogens with zero attached hydrogens (tertiary/aromatic N) is 2. The minimum Gasteiger partial charge on any atom is -0.313 e. The van der Waals surface area contributed by atoms with Gasteiger partial charge in [-0.25, -0.2) is 4.98 Å². The molecule has 0 unspecified atom stereocenters. The Kier molecular flexibility index (Phi) is 3.79. The molecule has 0 spiro atoms. The Morgan fingerprint density at radius 2 is 2.05 bits per heavy atom. The summed E-state index contributed by atoms with van der Waals surface area (Å²) in [6, 6.07) is 13.3. The maximum atomic E-state index is 12.7. The smallest absolute Gasteiger partial charge is 0.209 e. The van der Waals surface area contributed by atoms with E-state index in [0.29, 0.717) is 11.3 Å². The highest BCUT2D eigenvalue weighted by atomic mass is 16.1. The molecule has 0 aliphatic carbocycles. The van der Waals surface area contributed by atoms with Crippen LogP contribution in [0.2, 0.25) is 0 Å². The molecule has 4 heteroatoms. The van der Waals surface area contributed by atoms with Crippen LogP contribution < -0.4 is 5.32 Å². The summed E-state index contributed by atoms with van der Waals surface area (Å²) in [4.78, 5) is 17.0. The van der Waals surface area contributed by atoms with Crippen molar-refractivity contribution in [3.05, 3.63) is 71.7 Å². The molecular formula is C17H17N3O. The van der Waals surface area contributed by atoms with Crippen molar-refractivity contribution in [1.29, 1.82) is 0 Å². The number of pyridine rings is 1. The molecule has 2 aromatic heterocycles. The number of hydrogen-bond donors (Lipinski definition) is 1. The number of rotatable bonds is 5. The average molecular weight is 279 g/mol. The molecule has 1 aromatic carbocycles. The molecule has 3 rings (SSSR count). The molecule has 0 amide bonds. The molecule has 0 aliphatic rings. The molecule has 0 fully saturated rings. The molecule has 0 bridgehead atoms. The van der Waals surface area contributed by atoms with Crippen LogP contribution in [0, 0.1) is 0 Å². The van der Waals surface area contributed by atoms with Crippen molar-refractivity contribution in [3.8, 4) is 0 Å². The van der Waals surface area contributed by atoms with Gasteiger partial charge in [0.15, 0.2) is 0 Å². The van der Waals surface area contributed by atoms with E-state index in [1.807, 2.05) is 53.1 Å². The first-order valence-electron chi connectivity index (χ1n) is 7.06. The molecule has 3 aromatic rings. The fourth-order valence-electron chi connectivity index (χ4n) is 2.36. The normalized spacial score (nSPS) is 10.9. The van der Waals surface area contributed by atoms with Gasteiger partial charge in [0.25, 0.3) is 0 Å². The number of aromatic nitrogens is 2. The van der Waals surface area contributed by atoms with Crippen molar-refractivity contribution in [3.63, 3.8) is 0 Å². The van der Waals surface area contributed by atoms with Gasteiger partial charge in [-0.15, -0.1) is 0 Å². The summed E-state index contributed by atoms with van der Waals surface area (Å²) in [5.74, 6) is 0.0111. The third-order valence-corrected chi connectivity index (χ3v) is 3.41. The summed E-state index contributed by atoms with van der Waals surface area (Å²) in [6.45, 7) is 3.68. The summed E-state index contributed by atoms with van der Waals surface area (Å²) >= 11 is 0. The van der Waals surface area contributed by atoms with Crippen LogP contribution in [-0.2, 0) is 6.54 Å². The van der Waals surface area contributed by atoms with Crippen LogP contribution in [0.1, 0.15) is 28.5 Å². The zero-order valence-corrected chi connectivity index (χ0v) is 11.9. The second-order valence-electron chi connectivity index (χ2n) is 4.88. The van der Waals surface area contributed by atoms with Crippen molar-refractivity contribution < 1.29 is 4.79 Å². The molecule has 4 nitrogen and oxygen atoms in total. The van der Waals surface area contributed by atoms with Crippen molar-refractivity contribution in [2.24, 2.45) is 0 Å². The van der Waals surface area contributed by atoms with Gasteiger partial charge < -0.3 is 5.32 Å². The van der Waals surface area contributed by atoms with Crippen molar-refractivity contribution in [2.45, 2.75) is 13.5 Å². The Bertz CT molecular complexity index is 762. The Labute approximate surface area is 123 Å². The SMILES string of the molecule is CCNCc1cc(C(=O)c2ccccc2)n2ccnc2c1. The maximum Gasteiger partial charge on any atom is 0.209 e. The van der Waals surface area contributed by atoms with E-state index in [9.17, 15) is 4.79 Å². The van der Waals surface area contributed by atoms with Crippen LogP contribution in [0.25, 0.3) is 5.65 Å². The lowest BCUT2D eigenvalue weighted by Crippen LogP contribution is -2.14. The first-order chi connectivity index (χ1) is 10.3. The van der Waals surface area contributed by atoms with Gasteiger partial charge in [-0.1, -0.05) is 37.3 Å². The topological polar surface area (TPSA) is 46.4 Å². The molecular weight excluding hydrogens is 262 g/mol. The average Bonchev–Trinajstić information content (AvgIpc) is 3.00. The van der Waals surface area contributed by atoms with Crippen LogP contribution in [-0.4, -0.2) is 21.7 Å². The van der Waals surface area contributed by atoms with Gasteiger partial charge in [-0.05, 0) is 24.2 Å². The quantitative estimate of drug-likeness (QED) is 0.730. The number of ketones is 1. The highest BCUT2D eigenvalue weighted by molar-refractivity contribution is 6.08. The van der Waals surface area contributed by atoms with Gasteiger partial charge in [0, 0.05) is 24.5 Å². The number of hydrogen-bond acceptors (Lipinski definition) is 3. The number of carbonyl (C=O) groups is 1. The summed E-state index contributed by atoms with van der Waals surface area (Å²) in [5, 5.41) is 3.28. The largest absolute Gasteiger partial charge is 0.313 e. The van der Waals surface area contributed by atoms with E-state index in [-0.39, 0.29) is 5.78 Å². The van der Waals surface area contributed by atoms with E-state index in [2.05, 4.69) is 17.2 Å². The van der Waals surface area contributed by atoms with Crippen molar-refractivity contribution >= 4 is 11.4 Å². The Morgan fingerprint density at radius 3 is 2.81 bits per heavy atom. The standard InChI is InChI=1S/C17H17N3O/c1-2-18-12-13-10-15(20-9-8-19-16(20)11-13)17(21)14-6-4-3-5-7-14/h3-11,18H,2,12H2,1H3. The van der Waals surface area contributed by atoms with E-state index in [4.69, 9.17) is 0 Å². The fraction of sp³-hybridized carbons (Fsp3) is 0.176. The number of carbonyl (C=O) groups excluding carboxylic acids is 1. The summed E-state index contributed by atoms with van der Waals surface area (Å²) in [5.41, 5.74) is 3.19. The van der Waals surface area contributed by atoms with Gasteiger partial charge in [-0.3, -0.25) is 9.20 Å². The van der Waals surface area contributed by atoms with Crippen LogP contribution in [0.5, 0.6) is 0 Å². The minimum atomic E-state index is 0.0111. The lowest BCUT2D eigenvalue weighted by atomic mass is 10.1. The van der Waals surface area contributed by atoms with E-state index in [0.717, 1.165) is 24.3 Å². The second-order valence-corrected chi connectivity index (χ2v) is 4.88. The fourth-order valence-corrected chi connectivity index (χ4v) is 2.36. The molecule has 106 valence electrons. The highest BCUT2D eigenvalue weighted by Gasteiger charge is 2.14. The Hall–Kier alpha value is -2.46. The number of fused-ring (bicyclic) bond motifs is 1. The summed E-state index contributed by atoms with van der Waals surface area (Å²) in [7, 11) is 0. The van der Waals surface area contributed by atoms with Gasteiger partial charge in [0.05, 0.1) is 5.69 Å². The predicted molar refractivity (Wildman–Crippen MR) is 82.4 cm³/mol. The second kappa shape index (κ2) is 5.89. The van der Waals surface area contributed by atoms with Gasteiger partial charge in [0.2, 0.25) is 5.78 Å². The van der Waals surface area contributed by atoms with E-state index in [1.165, 1.54) is 0 Å². The van der Waals surface area contributed by atoms with Crippen molar-refractivity contribution in [2.75, 3.05) is 6.54 Å². The Morgan fingerprint density at radius 1 is 1.24 bits per heavy atom. The number of nitrogens with one attached hydrogen (secondary N) is 1. The summed E-state index contributed by atoms with van der Waals surface area (Å²) in [6.07, 6.45) is 3.54. The minimum absolute atomic E-state index is 0.0111. The maximum absolute atomic E-state index is 12.7. The van der Waals surface area contributed by atoms with Gasteiger partial charge in [-0.2, -0.15) is 0 Å². The molecule has 0 aliphatic heterocycles. The first-order valence-corrected chi connectivity index (χ1v) is 7.06. The molecule has 0 saturated heterocycles. The third kappa shape index (κ3) is 2.71. The predicted octanol–water partition coefficient (Wildman–Crippen LogP) is 2.67. The van der Waals surface area contributed by atoms with E-state index >= 15 is 0 Å². The lowest BCUT2D eigenvalue weighted by Gasteiger charge is -2.09. The van der Waals surface area contributed by atoms with Crippen LogP contribution >= 0.6 is 0 Å². The molecule has 21 heavy (non-hydrogen) atoms. The summed E-state index contributed by atoms with van der Waals surface area (Å²) < 4.78 is 1.84. The zero-order chi connectivity index (χ0) is 14.7. The molecule has 2 heterocycles. The highest BCUT2D eigenvalue weighted by Crippen LogP contribution is 2.15. The van der Waals surface area contributed by atoms with Crippen LogP contribution in [0.3, 0.4) is 0 Å². The van der Waals surface area contributed by atoms with Crippen molar-refractivity contribution in [1.82, 2.24) is 14.7 Å². The third-order valence-electron chi connectivity index (χ3n) is 3.41. The molecule has 0 saturated carbocycles. The molecule has 0 radical (unpaired) electrons. The first kappa shape index (κ1) is 13.5. The Balaban J connectivity index is 2.07. The molecule has 1 N–H and O–H groups in total.